The average Bonchev–Trinajstić information content (AvgIpc) is 3.08. The molecule has 1 aromatic heterocycles. The molecule has 0 amide bonds. The van der Waals surface area contributed by atoms with Crippen LogP contribution >= 0.6 is 0 Å². The molecule has 118 valence electrons. The second-order valence-electron chi connectivity index (χ2n) is 5.52. The van der Waals surface area contributed by atoms with E-state index in [0.29, 0.717) is 6.10 Å². The summed E-state index contributed by atoms with van der Waals surface area (Å²) in [6.45, 7) is 7.64. The molecule has 6 heteroatoms. The molecule has 0 spiro atoms. The highest BCUT2D eigenvalue weighted by molar-refractivity contribution is 5.79. The van der Waals surface area contributed by atoms with Gasteiger partial charge in [0.25, 0.3) is 0 Å². The molecule has 1 aliphatic rings. The van der Waals surface area contributed by atoms with Crippen LogP contribution in [-0.4, -0.2) is 48.6 Å². The summed E-state index contributed by atoms with van der Waals surface area (Å²) >= 11 is 0. The zero-order valence-corrected chi connectivity index (χ0v) is 13.4. The molecule has 2 heterocycles. The van der Waals surface area contributed by atoms with Crippen molar-refractivity contribution in [2.75, 3.05) is 26.7 Å². The molecule has 2 rings (SSSR count). The molecule has 1 unspecified atom stereocenters. The van der Waals surface area contributed by atoms with Gasteiger partial charge in [0.15, 0.2) is 5.96 Å². The Balaban J connectivity index is 1.63. The summed E-state index contributed by atoms with van der Waals surface area (Å²) in [6.07, 6.45) is 3.66. The number of aromatic nitrogens is 2. The van der Waals surface area contributed by atoms with Gasteiger partial charge in [-0.15, -0.1) is 0 Å². The van der Waals surface area contributed by atoms with Crippen molar-refractivity contribution in [3.8, 4) is 0 Å². The highest BCUT2D eigenvalue weighted by atomic mass is 16.5. The van der Waals surface area contributed by atoms with E-state index < -0.39 is 0 Å². The fraction of sp³-hybridized carbons (Fsp3) is 0.733. The summed E-state index contributed by atoms with van der Waals surface area (Å²) in [5, 5.41) is 11.1. The maximum absolute atomic E-state index is 5.59. The molecule has 21 heavy (non-hydrogen) atoms. The normalized spacial score (nSPS) is 19.0. The number of guanidine groups is 1. The van der Waals surface area contributed by atoms with Gasteiger partial charge in [-0.25, -0.2) is 0 Å². The van der Waals surface area contributed by atoms with Gasteiger partial charge in [-0.05, 0) is 39.2 Å². The van der Waals surface area contributed by atoms with Gasteiger partial charge in [0.05, 0.1) is 11.8 Å². The van der Waals surface area contributed by atoms with Crippen LogP contribution in [0.1, 0.15) is 30.7 Å². The van der Waals surface area contributed by atoms with Crippen molar-refractivity contribution in [1.29, 1.82) is 0 Å². The van der Waals surface area contributed by atoms with Crippen LogP contribution in [0.3, 0.4) is 0 Å². The van der Waals surface area contributed by atoms with Crippen LogP contribution in [0.5, 0.6) is 0 Å². The van der Waals surface area contributed by atoms with Crippen molar-refractivity contribution in [3.63, 3.8) is 0 Å². The van der Waals surface area contributed by atoms with Gasteiger partial charge < -0.3 is 15.4 Å². The Bertz CT molecular complexity index is 463. The maximum Gasteiger partial charge on any atom is 0.191 e. The Hall–Kier alpha value is -1.56. The number of nitrogens with one attached hydrogen (secondary N) is 2. The van der Waals surface area contributed by atoms with Gasteiger partial charge in [-0.3, -0.25) is 9.67 Å². The first-order valence-electron chi connectivity index (χ1n) is 7.76. The minimum absolute atomic E-state index is 0.332. The van der Waals surface area contributed by atoms with Crippen molar-refractivity contribution in [2.24, 2.45) is 4.99 Å². The predicted molar refractivity (Wildman–Crippen MR) is 84.7 cm³/mol. The van der Waals surface area contributed by atoms with E-state index in [1.165, 1.54) is 12.1 Å². The number of nitrogens with zero attached hydrogens (tertiary/aromatic N) is 3. The molecule has 1 atom stereocenters. The summed E-state index contributed by atoms with van der Waals surface area (Å²) in [5.41, 5.74) is 2.29. The molecule has 0 saturated carbocycles. The first kappa shape index (κ1) is 15.8. The monoisotopic (exact) mass is 293 g/mol. The topological polar surface area (TPSA) is 63.5 Å². The second kappa shape index (κ2) is 8.02. The van der Waals surface area contributed by atoms with E-state index in [1.807, 2.05) is 6.92 Å². The van der Waals surface area contributed by atoms with Gasteiger partial charge >= 0.3 is 0 Å². The lowest BCUT2D eigenvalue weighted by molar-refractivity contribution is 0.114. The maximum atomic E-state index is 5.59. The quantitative estimate of drug-likeness (QED) is 0.470. The highest BCUT2D eigenvalue weighted by Gasteiger charge is 2.15. The van der Waals surface area contributed by atoms with Gasteiger partial charge in [0.1, 0.15) is 0 Å². The van der Waals surface area contributed by atoms with Crippen molar-refractivity contribution in [1.82, 2.24) is 20.4 Å². The number of aryl methyl sites for hydroxylation is 3. The van der Waals surface area contributed by atoms with Crippen molar-refractivity contribution in [2.45, 2.75) is 45.8 Å². The summed E-state index contributed by atoms with van der Waals surface area (Å²) in [7, 11) is 1.80. The Morgan fingerprint density at radius 2 is 2.33 bits per heavy atom. The lowest BCUT2D eigenvalue weighted by Gasteiger charge is -2.15. The molecule has 1 fully saturated rings. The van der Waals surface area contributed by atoms with E-state index in [9.17, 15) is 0 Å². The Morgan fingerprint density at radius 1 is 1.48 bits per heavy atom. The number of hydrogen-bond acceptors (Lipinski definition) is 3. The van der Waals surface area contributed by atoms with Crippen LogP contribution in [0.15, 0.2) is 11.1 Å². The predicted octanol–water partition coefficient (Wildman–Crippen LogP) is 1.23. The Kier molecular flexibility index (Phi) is 6.04. The molecule has 1 aliphatic heterocycles. The number of rotatable bonds is 6. The first-order valence-corrected chi connectivity index (χ1v) is 7.76. The van der Waals surface area contributed by atoms with Crippen LogP contribution in [-0.2, 0) is 11.3 Å². The van der Waals surface area contributed by atoms with E-state index in [4.69, 9.17) is 4.74 Å². The molecule has 0 aliphatic carbocycles. The molecule has 1 aromatic rings. The lowest BCUT2D eigenvalue weighted by atomic mass is 10.2. The number of ether oxygens (including phenoxy) is 1. The molecule has 0 bridgehead atoms. The molecular formula is C15H27N5O. The third kappa shape index (κ3) is 5.04. The van der Waals surface area contributed by atoms with Crippen LogP contribution in [0.2, 0.25) is 0 Å². The highest BCUT2D eigenvalue weighted by Crippen LogP contribution is 2.10. The molecule has 6 nitrogen and oxygen atoms in total. The lowest BCUT2D eigenvalue weighted by Crippen LogP contribution is -2.41. The van der Waals surface area contributed by atoms with Crippen LogP contribution < -0.4 is 10.6 Å². The Labute approximate surface area is 127 Å². The van der Waals surface area contributed by atoms with Crippen molar-refractivity contribution in [3.05, 3.63) is 17.5 Å². The SMILES string of the molecule is CN=C(NCCCn1nc(C)cc1C)NCC1CCCO1. The largest absolute Gasteiger partial charge is 0.376 e. The molecule has 2 N–H and O–H groups in total. The minimum atomic E-state index is 0.332. The summed E-state index contributed by atoms with van der Waals surface area (Å²) in [5.74, 6) is 0.846. The second-order valence-corrected chi connectivity index (χ2v) is 5.52. The van der Waals surface area contributed by atoms with Crippen LogP contribution in [0, 0.1) is 13.8 Å². The summed E-state index contributed by atoms with van der Waals surface area (Å²) < 4.78 is 7.65. The third-order valence-corrected chi connectivity index (χ3v) is 3.69. The summed E-state index contributed by atoms with van der Waals surface area (Å²) in [6, 6.07) is 2.11. The standard InChI is InChI=1S/C15H27N5O/c1-12-10-13(2)20(19-12)8-5-7-17-15(16-3)18-11-14-6-4-9-21-14/h10,14H,4-9,11H2,1-3H3,(H2,16,17,18). The molecule has 0 aromatic carbocycles. The van der Waals surface area contributed by atoms with E-state index in [1.54, 1.807) is 7.05 Å². The van der Waals surface area contributed by atoms with E-state index in [2.05, 4.69) is 38.4 Å². The third-order valence-electron chi connectivity index (χ3n) is 3.69. The van der Waals surface area contributed by atoms with Crippen molar-refractivity contribution >= 4 is 5.96 Å². The number of aliphatic imine (C=N–C) groups is 1. The minimum Gasteiger partial charge on any atom is -0.376 e. The Morgan fingerprint density at radius 3 is 2.95 bits per heavy atom. The smallest absolute Gasteiger partial charge is 0.191 e. The number of hydrogen-bond donors (Lipinski definition) is 2. The van der Waals surface area contributed by atoms with Gasteiger partial charge in [-0.1, -0.05) is 0 Å². The van der Waals surface area contributed by atoms with E-state index >= 15 is 0 Å². The van der Waals surface area contributed by atoms with Crippen molar-refractivity contribution < 1.29 is 4.74 Å². The fourth-order valence-corrected chi connectivity index (χ4v) is 2.57. The van der Waals surface area contributed by atoms with Crippen LogP contribution in [0.25, 0.3) is 0 Å². The van der Waals surface area contributed by atoms with Gasteiger partial charge in [-0.2, -0.15) is 5.10 Å². The van der Waals surface area contributed by atoms with Gasteiger partial charge in [0.2, 0.25) is 0 Å². The fourth-order valence-electron chi connectivity index (χ4n) is 2.57. The van der Waals surface area contributed by atoms with Crippen LogP contribution in [0.4, 0.5) is 0 Å². The van der Waals surface area contributed by atoms with E-state index in [-0.39, 0.29) is 0 Å². The molecule has 1 saturated heterocycles. The van der Waals surface area contributed by atoms with Gasteiger partial charge in [0, 0.05) is 39.0 Å². The zero-order valence-electron chi connectivity index (χ0n) is 13.4. The summed E-state index contributed by atoms with van der Waals surface area (Å²) in [4.78, 5) is 4.23. The zero-order chi connectivity index (χ0) is 15.1. The molecule has 0 radical (unpaired) electrons. The first-order chi connectivity index (χ1) is 10.2. The molecular weight excluding hydrogens is 266 g/mol. The average molecular weight is 293 g/mol. The van der Waals surface area contributed by atoms with E-state index in [0.717, 1.165) is 50.7 Å².